The Kier molecular flexibility index (Phi) is 5.17. The van der Waals surface area contributed by atoms with E-state index < -0.39 is 0 Å². The SMILES string of the molecule is CCCNc1nnc(SC(C)C(=O)N2CCc3ccccc32)s1. The maximum atomic E-state index is 12.7. The molecule has 5 nitrogen and oxygen atoms in total. The van der Waals surface area contributed by atoms with Crippen molar-refractivity contribution < 1.29 is 4.79 Å². The van der Waals surface area contributed by atoms with Crippen LogP contribution in [0.1, 0.15) is 25.8 Å². The number of benzene rings is 1. The van der Waals surface area contributed by atoms with Gasteiger partial charge < -0.3 is 10.2 Å². The summed E-state index contributed by atoms with van der Waals surface area (Å²) in [5.41, 5.74) is 2.30. The van der Waals surface area contributed by atoms with Gasteiger partial charge in [-0.1, -0.05) is 48.2 Å². The number of rotatable bonds is 6. The molecule has 0 aliphatic carbocycles. The Hall–Kier alpha value is -1.60. The van der Waals surface area contributed by atoms with Crippen LogP contribution in [0.5, 0.6) is 0 Å². The van der Waals surface area contributed by atoms with Crippen molar-refractivity contribution in [3.8, 4) is 0 Å². The highest BCUT2D eigenvalue weighted by atomic mass is 32.2. The maximum Gasteiger partial charge on any atom is 0.240 e. The van der Waals surface area contributed by atoms with Gasteiger partial charge in [-0.3, -0.25) is 4.79 Å². The van der Waals surface area contributed by atoms with Crippen LogP contribution in [0.2, 0.25) is 0 Å². The lowest BCUT2D eigenvalue weighted by molar-refractivity contribution is -0.117. The average Bonchev–Trinajstić information content (AvgIpc) is 3.18. The molecule has 122 valence electrons. The Morgan fingerprint density at radius 3 is 3.09 bits per heavy atom. The highest BCUT2D eigenvalue weighted by Crippen LogP contribution is 2.33. The van der Waals surface area contributed by atoms with E-state index in [1.165, 1.54) is 28.7 Å². The molecule has 0 bridgehead atoms. The number of thioether (sulfide) groups is 1. The third-order valence-electron chi connectivity index (χ3n) is 3.71. The maximum absolute atomic E-state index is 12.7. The lowest BCUT2D eigenvalue weighted by atomic mass is 10.2. The van der Waals surface area contributed by atoms with E-state index >= 15 is 0 Å². The minimum absolute atomic E-state index is 0.137. The molecular weight excluding hydrogens is 328 g/mol. The van der Waals surface area contributed by atoms with Crippen molar-refractivity contribution in [3.63, 3.8) is 0 Å². The number of para-hydroxylation sites is 1. The summed E-state index contributed by atoms with van der Waals surface area (Å²) >= 11 is 2.99. The first-order valence-corrected chi connectivity index (χ1v) is 9.52. The monoisotopic (exact) mass is 348 g/mol. The highest BCUT2D eigenvalue weighted by molar-refractivity contribution is 8.02. The van der Waals surface area contributed by atoms with Crippen molar-refractivity contribution in [2.24, 2.45) is 0 Å². The third kappa shape index (κ3) is 3.67. The minimum atomic E-state index is -0.173. The highest BCUT2D eigenvalue weighted by Gasteiger charge is 2.28. The van der Waals surface area contributed by atoms with Gasteiger partial charge in [-0.25, -0.2) is 0 Å². The van der Waals surface area contributed by atoms with Crippen LogP contribution in [-0.2, 0) is 11.2 Å². The Labute approximate surface area is 144 Å². The summed E-state index contributed by atoms with van der Waals surface area (Å²) in [5.74, 6) is 0.137. The van der Waals surface area contributed by atoms with Crippen LogP contribution < -0.4 is 10.2 Å². The molecule has 1 aliphatic rings. The first-order valence-electron chi connectivity index (χ1n) is 7.82. The molecule has 1 aromatic carbocycles. The van der Waals surface area contributed by atoms with Gasteiger partial charge in [0.1, 0.15) is 0 Å². The number of hydrogen-bond acceptors (Lipinski definition) is 6. The van der Waals surface area contributed by atoms with Gasteiger partial charge >= 0.3 is 0 Å². The van der Waals surface area contributed by atoms with E-state index in [1.807, 2.05) is 30.0 Å². The van der Waals surface area contributed by atoms with E-state index in [4.69, 9.17) is 0 Å². The Morgan fingerprint density at radius 2 is 2.26 bits per heavy atom. The summed E-state index contributed by atoms with van der Waals surface area (Å²) in [6.07, 6.45) is 1.98. The molecule has 0 radical (unpaired) electrons. The molecule has 0 fully saturated rings. The van der Waals surface area contributed by atoms with Gasteiger partial charge in [0.15, 0.2) is 4.34 Å². The van der Waals surface area contributed by atoms with Crippen molar-refractivity contribution in [2.75, 3.05) is 23.3 Å². The molecule has 1 amide bonds. The number of carbonyl (C=O) groups excluding carboxylic acids is 1. The number of nitrogens with zero attached hydrogens (tertiary/aromatic N) is 3. The Balaban J connectivity index is 1.63. The normalized spacial score (nSPS) is 14.6. The second-order valence-electron chi connectivity index (χ2n) is 5.43. The predicted molar refractivity (Wildman–Crippen MR) is 96.5 cm³/mol. The van der Waals surface area contributed by atoms with Gasteiger partial charge in [-0.05, 0) is 31.4 Å². The predicted octanol–water partition coefficient (Wildman–Crippen LogP) is 3.43. The topological polar surface area (TPSA) is 58.1 Å². The number of hydrogen-bond donors (Lipinski definition) is 1. The molecule has 1 aliphatic heterocycles. The lowest BCUT2D eigenvalue weighted by Crippen LogP contribution is -2.35. The summed E-state index contributed by atoms with van der Waals surface area (Å²) in [5, 5.41) is 12.1. The second kappa shape index (κ2) is 7.31. The fraction of sp³-hybridized carbons (Fsp3) is 0.438. The molecule has 0 spiro atoms. The largest absolute Gasteiger partial charge is 0.360 e. The zero-order chi connectivity index (χ0) is 16.2. The van der Waals surface area contributed by atoms with Crippen LogP contribution in [0.3, 0.4) is 0 Å². The molecule has 7 heteroatoms. The molecule has 1 atom stereocenters. The van der Waals surface area contributed by atoms with E-state index in [1.54, 1.807) is 0 Å². The molecule has 1 aromatic heterocycles. The zero-order valence-electron chi connectivity index (χ0n) is 13.3. The summed E-state index contributed by atoms with van der Waals surface area (Å²) in [4.78, 5) is 14.6. The number of carbonyl (C=O) groups is 1. The summed E-state index contributed by atoms with van der Waals surface area (Å²) in [6.45, 7) is 5.70. The van der Waals surface area contributed by atoms with Gasteiger partial charge in [0.25, 0.3) is 0 Å². The lowest BCUT2D eigenvalue weighted by Gasteiger charge is -2.20. The fourth-order valence-corrected chi connectivity index (χ4v) is 4.53. The molecule has 0 saturated heterocycles. The van der Waals surface area contributed by atoms with Gasteiger partial charge in [0.05, 0.1) is 5.25 Å². The second-order valence-corrected chi connectivity index (χ2v) is 7.99. The molecule has 2 aromatic rings. The van der Waals surface area contributed by atoms with Crippen LogP contribution in [-0.4, -0.2) is 34.4 Å². The van der Waals surface area contributed by atoms with Crippen molar-refractivity contribution >= 4 is 39.8 Å². The van der Waals surface area contributed by atoms with Gasteiger partial charge in [0.2, 0.25) is 11.0 Å². The van der Waals surface area contributed by atoms with E-state index in [2.05, 4.69) is 28.5 Å². The third-order valence-corrected chi connectivity index (χ3v) is 5.76. The van der Waals surface area contributed by atoms with E-state index in [-0.39, 0.29) is 11.2 Å². The van der Waals surface area contributed by atoms with Crippen molar-refractivity contribution in [1.29, 1.82) is 0 Å². The average molecular weight is 348 g/mol. The minimum Gasteiger partial charge on any atom is -0.360 e. The fourth-order valence-electron chi connectivity index (χ4n) is 2.55. The molecule has 1 unspecified atom stereocenters. The molecule has 3 rings (SSSR count). The van der Waals surface area contributed by atoms with Gasteiger partial charge in [-0.15, -0.1) is 10.2 Å². The first-order chi connectivity index (χ1) is 11.2. The summed E-state index contributed by atoms with van der Waals surface area (Å²) in [6, 6.07) is 8.13. The molecule has 2 heterocycles. The van der Waals surface area contributed by atoms with Crippen LogP contribution >= 0.6 is 23.1 Å². The Bertz CT molecular complexity index is 688. The standard InChI is InChI=1S/C16H20N4OS2/c1-3-9-17-15-18-19-16(23-15)22-11(2)14(21)20-10-8-12-6-4-5-7-13(12)20/h4-7,11H,3,8-10H2,1-2H3,(H,17,18). The van der Waals surface area contributed by atoms with Gasteiger partial charge in [-0.2, -0.15) is 0 Å². The van der Waals surface area contributed by atoms with E-state index in [0.717, 1.165) is 41.1 Å². The molecule has 23 heavy (non-hydrogen) atoms. The first kappa shape index (κ1) is 16.3. The van der Waals surface area contributed by atoms with Crippen molar-refractivity contribution in [2.45, 2.75) is 36.3 Å². The molecule has 0 saturated carbocycles. The molecular formula is C16H20N4OS2. The van der Waals surface area contributed by atoms with Gasteiger partial charge in [0, 0.05) is 18.8 Å². The summed E-state index contributed by atoms with van der Waals surface area (Å²) in [7, 11) is 0. The van der Waals surface area contributed by atoms with Crippen LogP contribution in [0.25, 0.3) is 0 Å². The molecule has 1 N–H and O–H groups in total. The van der Waals surface area contributed by atoms with E-state index in [9.17, 15) is 4.79 Å². The van der Waals surface area contributed by atoms with Crippen molar-refractivity contribution in [1.82, 2.24) is 10.2 Å². The van der Waals surface area contributed by atoms with Crippen LogP contribution in [0.4, 0.5) is 10.8 Å². The smallest absolute Gasteiger partial charge is 0.240 e. The Morgan fingerprint density at radius 1 is 1.43 bits per heavy atom. The quantitative estimate of drug-likeness (QED) is 0.811. The number of amides is 1. The van der Waals surface area contributed by atoms with Crippen LogP contribution in [0, 0.1) is 0 Å². The number of nitrogens with one attached hydrogen (secondary N) is 1. The summed E-state index contributed by atoms with van der Waals surface area (Å²) < 4.78 is 0.830. The van der Waals surface area contributed by atoms with E-state index in [0.29, 0.717) is 0 Å². The van der Waals surface area contributed by atoms with Crippen LogP contribution in [0.15, 0.2) is 28.6 Å². The number of fused-ring (bicyclic) bond motifs is 1. The zero-order valence-corrected chi connectivity index (χ0v) is 14.9. The number of anilines is 2. The van der Waals surface area contributed by atoms with Crippen molar-refractivity contribution in [3.05, 3.63) is 29.8 Å². The number of aromatic nitrogens is 2.